The van der Waals surface area contributed by atoms with E-state index in [-0.39, 0.29) is 11.8 Å². The lowest BCUT2D eigenvalue weighted by molar-refractivity contribution is -0.131. The van der Waals surface area contributed by atoms with Crippen molar-refractivity contribution in [1.29, 1.82) is 0 Å². The zero-order valence-corrected chi connectivity index (χ0v) is 12.6. The van der Waals surface area contributed by atoms with E-state index in [1.807, 2.05) is 54.3 Å². The van der Waals surface area contributed by atoms with Crippen LogP contribution in [0.2, 0.25) is 0 Å². The molecule has 2 aromatic rings. The Kier molecular flexibility index (Phi) is 4.20. The Labute approximate surface area is 131 Å². The van der Waals surface area contributed by atoms with Gasteiger partial charge >= 0.3 is 0 Å². The monoisotopic (exact) mass is 290 g/mol. The molecule has 1 aromatic heterocycles. The summed E-state index contributed by atoms with van der Waals surface area (Å²) in [6.07, 6.45) is 2.72. The highest BCUT2D eigenvalue weighted by Crippen LogP contribution is 2.18. The molecule has 1 saturated heterocycles. The summed E-state index contributed by atoms with van der Waals surface area (Å²) in [5, 5.41) is 0. The molecule has 3 nitrogen and oxygen atoms in total. The van der Waals surface area contributed by atoms with Gasteiger partial charge in [-0.05, 0) is 30.7 Å². The lowest BCUT2D eigenvalue weighted by Crippen LogP contribution is -2.26. The summed E-state index contributed by atoms with van der Waals surface area (Å²) in [6.45, 7) is 3.41. The third-order valence-corrected chi connectivity index (χ3v) is 3.87. The van der Waals surface area contributed by atoms with Crippen molar-refractivity contribution in [2.45, 2.75) is 19.9 Å². The van der Waals surface area contributed by atoms with Gasteiger partial charge in [-0.25, -0.2) is 0 Å². The summed E-state index contributed by atoms with van der Waals surface area (Å²) >= 11 is 0. The van der Waals surface area contributed by atoms with Crippen LogP contribution in [0, 0.1) is 17.8 Å². The highest BCUT2D eigenvalue weighted by molar-refractivity contribution is 5.80. The molecule has 1 aliphatic rings. The first-order chi connectivity index (χ1) is 10.7. The maximum absolute atomic E-state index is 11.9. The first-order valence-electron chi connectivity index (χ1n) is 7.53. The number of amides is 1. The largest absolute Gasteiger partial charge is 0.337 e. The second kappa shape index (κ2) is 6.44. The molecule has 3 rings (SSSR count). The van der Waals surface area contributed by atoms with Crippen molar-refractivity contribution in [3.8, 4) is 11.8 Å². The van der Waals surface area contributed by atoms with Crippen molar-refractivity contribution >= 4 is 5.91 Å². The van der Waals surface area contributed by atoms with Crippen LogP contribution in [-0.4, -0.2) is 22.3 Å². The quantitative estimate of drug-likeness (QED) is 0.797. The molecule has 1 aromatic carbocycles. The van der Waals surface area contributed by atoms with Crippen molar-refractivity contribution in [2.75, 3.05) is 6.54 Å². The summed E-state index contributed by atoms with van der Waals surface area (Å²) < 4.78 is 0. The van der Waals surface area contributed by atoms with Gasteiger partial charge in [-0.2, -0.15) is 0 Å². The number of aromatic nitrogens is 1. The molecule has 1 fully saturated rings. The molecule has 3 heteroatoms. The zero-order valence-electron chi connectivity index (χ0n) is 12.6. The Morgan fingerprint density at radius 1 is 1.14 bits per heavy atom. The minimum Gasteiger partial charge on any atom is -0.337 e. The molecule has 1 aliphatic heterocycles. The molecule has 0 bridgehead atoms. The van der Waals surface area contributed by atoms with Crippen molar-refractivity contribution < 1.29 is 4.79 Å². The molecule has 110 valence electrons. The average molecular weight is 290 g/mol. The minimum atomic E-state index is 0.149. The zero-order chi connectivity index (χ0) is 15.4. The van der Waals surface area contributed by atoms with Gasteiger partial charge in [0.25, 0.3) is 0 Å². The summed E-state index contributed by atoms with van der Waals surface area (Å²) in [6, 6.07) is 13.8. The van der Waals surface area contributed by atoms with Gasteiger partial charge in [0.15, 0.2) is 0 Å². The van der Waals surface area contributed by atoms with Crippen LogP contribution in [0.5, 0.6) is 0 Å². The van der Waals surface area contributed by atoms with Crippen LogP contribution in [0.1, 0.15) is 30.2 Å². The molecule has 0 spiro atoms. The fourth-order valence-electron chi connectivity index (χ4n) is 2.51. The van der Waals surface area contributed by atoms with E-state index in [0.29, 0.717) is 6.54 Å². The number of hydrogen-bond acceptors (Lipinski definition) is 2. The molecule has 1 atom stereocenters. The normalized spacial score (nSPS) is 17.2. The number of carbonyl (C=O) groups excluding carboxylic acids is 1. The minimum absolute atomic E-state index is 0.149. The standard InChI is InChI=1S/C19H18N2O/c1-15-11-12-21(19(15)22)14-18-10-9-17(13-20-18)8-7-16-5-3-2-4-6-16/h2-6,9-10,13,15H,11-12,14H2,1H3/t15-/m1/s1. The number of nitrogens with zero attached hydrogens (tertiary/aromatic N) is 2. The van der Waals surface area contributed by atoms with E-state index in [1.165, 1.54) is 0 Å². The molecular formula is C19H18N2O. The van der Waals surface area contributed by atoms with Crippen molar-refractivity contribution in [2.24, 2.45) is 5.92 Å². The predicted molar refractivity (Wildman–Crippen MR) is 85.9 cm³/mol. The highest BCUT2D eigenvalue weighted by Gasteiger charge is 2.27. The second-order valence-corrected chi connectivity index (χ2v) is 5.60. The van der Waals surface area contributed by atoms with Crippen LogP contribution in [0.3, 0.4) is 0 Å². The lowest BCUT2D eigenvalue weighted by atomic mass is 10.1. The summed E-state index contributed by atoms with van der Waals surface area (Å²) in [5.41, 5.74) is 2.78. The number of likely N-dealkylation sites (tertiary alicyclic amines) is 1. The van der Waals surface area contributed by atoms with E-state index in [2.05, 4.69) is 16.8 Å². The number of hydrogen-bond donors (Lipinski definition) is 0. The SMILES string of the molecule is C[C@@H]1CCN(Cc2ccc(C#Cc3ccccc3)cn2)C1=O. The van der Waals surface area contributed by atoms with Crippen LogP contribution in [0.4, 0.5) is 0 Å². The molecule has 1 amide bonds. The molecule has 2 heterocycles. The Bertz CT molecular complexity index is 711. The van der Waals surface area contributed by atoms with Crippen LogP contribution in [0.15, 0.2) is 48.7 Å². The number of benzene rings is 1. The van der Waals surface area contributed by atoms with Crippen molar-refractivity contribution in [1.82, 2.24) is 9.88 Å². The fraction of sp³-hybridized carbons (Fsp3) is 0.263. The van der Waals surface area contributed by atoms with E-state index in [4.69, 9.17) is 0 Å². The topological polar surface area (TPSA) is 33.2 Å². The maximum Gasteiger partial charge on any atom is 0.225 e. The van der Waals surface area contributed by atoms with Crippen LogP contribution in [-0.2, 0) is 11.3 Å². The smallest absolute Gasteiger partial charge is 0.225 e. The Balaban J connectivity index is 1.66. The van der Waals surface area contributed by atoms with E-state index in [0.717, 1.165) is 29.8 Å². The molecule has 0 aliphatic carbocycles. The van der Waals surface area contributed by atoms with Gasteiger partial charge in [0, 0.05) is 29.8 Å². The van der Waals surface area contributed by atoms with Gasteiger partial charge in [0.2, 0.25) is 5.91 Å². The highest BCUT2D eigenvalue weighted by atomic mass is 16.2. The van der Waals surface area contributed by atoms with E-state index >= 15 is 0 Å². The molecule has 0 unspecified atom stereocenters. The molecule has 0 radical (unpaired) electrons. The molecular weight excluding hydrogens is 272 g/mol. The summed E-state index contributed by atoms with van der Waals surface area (Å²) in [4.78, 5) is 18.2. The molecule has 0 N–H and O–H groups in total. The third-order valence-electron chi connectivity index (χ3n) is 3.87. The van der Waals surface area contributed by atoms with E-state index in [1.54, 1.807) is 6.20 Å². The Hall–Kier alpha value is -2.60. The first-order valence-corrected chi connectivity index (χ1v) is 7.53. The fourth-order valence-corrected chi connectivity index (χ4v) is 2.51. The summed E-state index contributed by atoms with van der Waals surface area (Å²) in [5.74, 6) is 6.60. The predicted octanol–water partition coefficient (Wildman–Crippen LogP) is 2.85. The van der Waals surface area contributed by atoms with Gasteiger partial charge in [0.05, 0.1) is 12.2 Å². The van der Waals surface area contributed by atoms with Gasteiger partial charge < -0.3 is 4.90 Å². The van der Waals surface area contributed by atoms with Crippen LogP contribution < -0.4 is 0 Å². The maximum atomic E-state index is 11.9. The van der Waals surface area contributed by atoms with E-state index in [9.17, 15) is 4.79 Å². The first kappa shape index (κ1) is 14.3. The third kappa shape index (κ3) is 3.35. The van der Waals surface area contributed by atoms with Gasteiger partial charge in [0.1, 0.15) is 0 Å². The number of pyridine rings is 1. The molecule has 0 saturated carbocycles. The van der Waals surface area contributed by atoms with Crippen LogP contribution in [0.25, 0.3) is 0 Å². The summed E-state index contributed by atoms with van der Waals surface area (Å²) in [7, 11) is 0. The van der Waals surface area contributed by atoms with Crippen LogP contribution >= 0.6 is 0 Å². The van der Waals surface area contributed by atoms with Crippen molar-refractivity contribution in [3.05, 3.63) is 65.5 Å². The number of carbonyl (C=O) groups is 1. The second-order valence-electron chi connectivity index (χ2n) is 5.60. The van der Waals surface area contributed by atoms with Crippen molar-refractivity contribution in [3.63, 3.8) is 0 Å². The average Bonchev–Trinajstić information content (AvgIpc) is 2.87. The van der Waals surface area contributed by atoms with Gasteiger partial charge in [-0.1, -0.05) is 37.0 Å². The molecule has 22 heavy (non-hydrogen) atoms. The van der Waals surface area contributed by atoms with Gasteiger partial charge in [-0.3, -0.25) is 9.78 Å². The Morgan fingerprint density at radius 2 is 1.91 bits per heavy atom. The Morgan fingerprint density at radius 3 is 2.55 bits per heavy atom. The van der Waals surface area contributed by atoms with E-state index < -0.39 is 0 Å². The number of rotatable bonds is 2. The lowest BCUT2D eigenvalue weighted by Gasteiger charge is -2.15. The van der Waals surface area contributed by atoms with Gasteiger partial charge in [-0.15, -0.1) is 0 Å².